The smallest absolute Gasteiger partial charge is 0.234 e. The fourth-order valence-electron chi connectivity index (χ4n) is 3.02. The molecule has 146 valence electrons. The van der Waals surface area contributed by atoms with Gasteiger partial charge in [-0.3, -0.25) is 9.36 Å². The van der Waals surface area contributed by atoms with Gasteiger partial charge < -0.3 is 14.5 Å². The number of anilines is 1. The van der Waals surface area contributed by atoms with Gasteiger partial charge in [0.25, 0.3) is 0 Å². The molecule has 3 heterocycles. The number of carbonyl (C=O) groups is 1. The van der Waals surface area contributed by atoms with E-state index in [1.54, 1.807) is 24.5 Å². The second kappa shape index (κ2) is 8.57. The molecule has 1 atom stereocenters. The van der Waals surface area contributed by atoms with Crippen molar-refractivity contribution < 1.29 is 18.3 Å². The molecule has 1 fully saturated rings. The average Bonchev–Trinajstić information content (AvgIpc) is 3.44. The van der Waals surface area contributed by atoms with Crippen molar-refractivity contribution in [2.45, 2.75) is 30.6 Å². The molecule has 1 saturated heterocycles. The lowest BCUT2D eigenvalue weighted by atomic mass is 10.2. The van der Waals surface area contributed by atoms with E-state index < -0.39 is 5.82 Å². The van der Waals surface area contributed by atoms with Gasteiger partial charge in [0.1, 0.15) is 5.82 Å². The SMILES string of the molecule is O=C(CSc1nnc(-c2ccco2)n1C[C@H]1CCCO1)Nc1ccccc1F. The molecule has 1 amide bonds. The highest BCUT2D eigenvalue weighted by Crippen LogP contribution is 2.27. The zero-order valence-electron chi connectivity index (χ0n) is 15.0. The van der Waals surface area contributed by atoms with E-state index in [9.17, 15) is 9.18 Å². The minimum atomic E-state index is -0.470. The molecule has 0 aliphatic carbocycles. The summed E-state index contributed by atoms with van der Waals surface area (Å²) in [6.07, 6.45) is 3.65. The van der Waals surface area contributed by atoms with Gasteiger partial charge in [-0.05, 0) is 37.1 Å². The van der Waals surface area contributed by atoms with Gasteiger partial charge in [-0.15, -0.1) is 10.2 Å². The zero-order chi connectivity index (χ0) is 19.3. The predicted octanol–water partition coefficient (Wildman–Crippen LogP) is 3.59. The molecule has 9 heteroatoms. The van der Waals surface area contributed by atoms with Crippen LogP contribution in [0.15, 0.2) is 52.2 Å². The van der Waals surface area contributed by atoms with E-state index in [0.717, 1.165) is 19.4 Å². The van der Waals surface area contributed by atoms with Crippen molar-refractivity contribution in [2.24, 2.45) is 0 Å². The quantitative estimate of drug-likeness (QED) is 0.608. The maximum absolute atomic E-state index is 13.7. The molecule has 0 spiro atoms. The number of carbonyl (C=O) groups excluding carboxylic acids is 1. The normalized spacial score (nSPS) is 16.4. The summed E-state index contributed by atoms with van der Waals surface area (Å²) in [6.45, 7) is 1.33. The van der Waals surface area contributed by atoms with Crippen LogP contribution in [0.25, 0.3) is 11.6 Å². The van der Waals surface area contributed by atoms with Gasteiger partial charge in [0.05, 0.1) is 30.4 Å². The van der Waals surface area contributed by atoms with Crippen molar-refractivity contribution in [1.82, 2.24) is 14.8 Å². The van der Waals surface area contributed by atoms with Gasteiger partial charge in [-0.25, -0.2) is 4.39 Å². The standard InChI is InChI=1S/C19H19FN4O3S/c20-14-6-1-2-7-15(14)21-17(25)12-28-19-23-22-18(16-8-4-10-27-16)24(19)11-13-5-3-9-26-13/h1-2,4,6-8,10,13H,3,5,9,11-12H2,(H,21,25)/t13-/m1/s1. The molecular weight excluding hydrogens is 383 g/mol. The minimum Gasteiger partial charge on any atom is -0.461 e. The van der Waals surface area contributed by atoms with Crippen molar-refractivity contribution in [2.75, 3.05) is 17.7 Å². The summed E-state index contributed by atoms with van der Waals surface area (Å²) < 4.78 is 26.8. The average molecular weight is 402 g/mol. The van der Waals surface area contributed by atoms with Gasteiger partial charge in [0.2, 0.25) is 11.7 Å². The molecule has 7 nitrogen and oxygen atoms in total. The summed E-state index contributed by atoms with van der Waals surface area (Å²) >= 11 is 1.24. The number of furan rings is 1. The lowest BCUT2D eigenvalue weighted by Crippen LogP contribution is -2.18. The third-order valence-electron chi connectivity index (χ3n) is 4.35. The Hall–Kier alpha value is -2.65. The molecule has 0 saturated carbocycles. The van der Waals surface area contributed by atoms with Crippen molar-refractivity contribution in [3.05, 3.63) is 48.5 Å². The molecule has 3 aromatic rings. The summed E-state index contributed by atoms with van der Waals surface area (Å²) in [5.41, 5.74) is 0.158. The number of amides is 1. The highest BCUT2D eigenvalue weighted by atomic mass is 32.2. The van der Waals surface area contributed by atoms with Gasteiger partial charge in [-0.2, -0.15) is 0 Å². The molecule has 0 bridgehead atoms. The largest absolute Gasteiger partial charge is 0.461 e. The Bertz CT molecular complexity index is 939. The summed E-state index contributed by atoms with van der Waals surface area (Å²) in [6, 6.07) is 9.66. The lowest BCUT2D eigenvalue weighted by Gasteiger charge is -2.14. The van der Waals surface area contributed by atoms with Crippen LogP contribution in [0, 0.1) is 5.82 Å². The Balaban J connectivity index is 1.47. The first-order valence-corrected chi connectivity index (χ1v) is 9.95. The number of aromatic nitrogens is 3. The summed E-state index contributed by atoms with van der Waals surface area (Å²) in [7, 11) is 0. The Morgan fingerprint density at radius 3 is 2.93 bits per heavy atom. The second-order valence-corrected chi connectivity index (χ2v) is 7.29. The number of hydrogen-bond acceptors (Lipinski definition) is 6. The zero-order valence-corrected chi connectivity index (χ0v) is 15.8. The molecule has 1 aliphatic heterocycles. The van der Waals surface area contributed by atoms with Crippen molar-refractivity contribution >= 4 is 23.4 Å². The Labute approximate surface area is 165 Å². The van der Waals surface area contributed by atoms with Crippen LogP contribution in [0.2, 0.25) is 0 Å². The Morgan fingerprint density at radius 1 is 1.29 bits per heavy atom. The molecule has 28 heavy (non-hydrogen) atoms. The van der Waals surface area contributed by atoms with Crippen LogP contribution in [-0.4, -0.2) is 39.1 Å². The second-order valence-electron chi connectivity index (χ2n) is 6.35. The molecule has 1 aromatic carbocycles. The highest BCUT2D eigenvalue weighted by Gasteiger charge is 2.23. The van der Waals surface area contributed by atoms with E-state index in [0.29, 0.717) is 23.3 Å². The number of nitrogens with zero attached hydrogens (tertiary/aromatic N) is 3. The van der Waals surface area contributed by atoms with E-state index in [1.165, 1.54) is 23.9 Å². The van der Waals surface area contributed by atoms with Gasteiger partial charge in [0, 0.05) is 6.61 Å². The van der Waals surface area contributed by atoms with Crippen LogP contribution in [0.5, 0.6) is 0 Å². The third kappa shape index (κ3) is 4.26. The summed E-state index contributed by atoms with van der Waals surface area (Å²) in [5.74, 6) is 0.491. The maximum Gasteiger partial charge on any atom is 0.234 e. The Morgan fingerprint density at radius 2 is 2.18 bits per heavy atom. The summed E-state index contributed by atoms with van der Waals surface area (Å²) in [4.78, 5) is 12.2. The number of rotatable bonds is 7. The van der Waals surface area contributed by atoms with E-state index in [4.69, 9.17) is 9.15 Å². The summed E-state index contributed by atoms with van der Waals surface area (Å²) in [5, 5.41) is 11.6. The fraction of sp³-hybridized carbons (Fsp3) is 0.316. The van der Waals surface area contributed by atoms with E-state index in [2.05, 4.69) is 15.5 Å². The first kappa shape index (κ1) is 18.7. The van der Waals surface area contributed by atoms with Gasteiger partial charge in [-0.1, -0.05) is 23.9 Å². The number of hydrogen-bond donors (Lipinski definition) is 1. The van der Waals surface area contributed by atoms with Gasteiger partial charge >= 0.3 is 0 Å². The monoisotopic (exact) mass is 402 g/mol. The van der Waals surface area contributed by atoms with Crippen molar-refractivity contribution in [3.8, 4) is 11.6 Å². The van der Waals surface area contributed by atoms with Crippen LogP contribution in [0.3, 0.4) is 0 Å². The minimum absolute atomic E-state index is 0.0795. The van der Waals surface area contributed by atoms with E-state index >= 15 is 0 Å². The fourth-order valence-corrected chi connectivity index (χ4v) is 3.77. The third-order valence-corrected chi connectivity index (χ3v) is 5.32. The van der Waals surface area contributed by atoms with Crippen LogP contribution in [0.4, 0.5) is 10.1 Å². The number of nitrogens with one attached hydrogen (secondary N) is 1. The number of ether oxygens (including phenoxy) is 1. The van der Waals surface area contributed by atoms with E-state index in [-0.39, 0.29) is 23.5 Å². The van der Waals surface area contributed by atoms with Crippen LogP contribution in [0.1, 0.15) is 12.8 Å². The molecule has 0 radical (unpaired) electrons. The molecule has 2 aromatic heterocycles. The first-order valence-electron chi connectivity index (χ1n) is 8.96. The molecule has 4 rings (SSSR count). The number of benzene rings is 1. The van der Waals surface area contributed by atoms with Crippen molar-refractivity contribution in [3.63, 3.8) is 0 Å². The Kier molecular flexibility index (Phi) is 5.73. The van der Waals surface area contributed by atoms with Crippen LogP contribution in [-0.2, 0) is 16.1 Å². The van der Waals surface area contributed by atoms with Crippen LogP contribution < -0.4 is 5.32 Å². The number of thioether (sulfide) groups is 1. The number of para-hydroxylation sites is 1. The van der Waals surface area contributed by atoms with Crippen LogP contribution >= 0.6 is 11.8 Å². The van der Waals surface area contributed by atoms with E-state index in [1.807, 2.05) is 10.6 Å². The lowest BCUT2D eigenvalue weighted by molar-refractivity contribution is -0.113. The topological polar surface area (TPSA) is 82.2 Å². The predicted molar refractivity (Wildman–Crippen MR) is 102 cm³/mol. The maximum atomic E-state index is 13.7. The molecule has 1 N–H and O–H groups in total. The molecule has 0 unspecified atom stereocenters. The molecular formula is C19H19FN4O3S. The molecule has 1 aliphatic rings. The van der Waals surface area contributed by atoms with Crippen molar-refractivity contribution in [1.29, 1.82) is 0 Å². The highest BCUT2D eigenvalue weighted by molar-refractivity contribution is 7.99. The van der Waals surface area contributed by atoms with Gasteiger partial charge in [0.15, 0.2) is 10.9 Å². The number of halogens is 1. The first-order chi connectivity index (χ1) is 13.7.